The first-order chi connectivity index (χ1) is 6.22. The molecular weight excluding hydrogens is 158 g/mol. The predicted octanol–water partition coefficient (Wildman–Crippen LogP) is 3.60. The Morgan fingerprint density at radius 2 is 2.15 bits per heavy atom. The molecule has 72 valence electrons. The van der Waals surface area contributed by atoms with E-state index in [2.05, 4.69) is 50.4 Å². The zero-order valence-corrected chi connectivity index (χ0v) is 8.80. The van der Waals surface area contributed by atoms with Gasteiger partial charge in [0.15, 0.2) is 0 Å². The van der Waals surface area contributed by atoms with E-state index >= 15 is 0 Å². The van der Waals surface area contributed by atoms with Gasteiger partial charge in [-0.05, 0) is 38.0 Å². The maximum absolute atomic E-state index is 3.48. The largest absolute Gasteiger partial charge is 0.383 e. The molecule has 0 radical (unpaired) electrons. The Labute approximate surface area is 81.2 Å². The van der Waals surface area contributed by atoms with Gasteiger partial charge >= 0.3 is 0 Å². The number of nitrogens with one attached hydrogen (secondary N) is 1. The summed E-state index contributed by atoms with van der Waals surface area (Å²) in [5, 5.41) is 3.48. The van der Waals surface area contributed by atoms with Crippen molar-refractivity contribution >= 4 is 5.69 Å². The molecule has 0 aromatic heterocycles. The van der Waals surface area contributed by atoms with Gasteiger partial charge in [-0.1, -0.05) is 25.5 Å². The van der Waals surface area contributed by atoms with Gasteiger partial charge in [0.2, 0.25) is 0 Å². The van der Waals surface area contributed by atoms with Gasteiger partial charge in [0, 0.05) is 11.7 Å². The Morgan fingerprint density at radius 1 is 1.38 bits per heavy atom. The highest BCUT2D eigenvalue weighted by Gasteiger charge is 1.99. The van der Waals surface area contributed by atoms with Crippen molar-refractivity contribution in [1.82, 2.24) is 0 Å². The number of hydrogen-bond acceptors (Lipinski definition) is 1. The minimum absolute atomic E-state index is 0.576. The van der Waals surface area contributed by atoms with E-state index in [0.717, 1.165) is 0 Å². The van der Waals surface area contributed by atoms with Crippen molar-refractivity contribution in [3.8, 4) is 0 Å². The van der Waals surface area contributed by atoms with Crippen molar-refractivity contribution in [2.75, 3.05) is 5.32 Å². The fourth-order valence-electron chi connectivity index (χ4n) is 1.52. The first-order valence-corrected chi connectivity index (χ1v) is 5.05. The molecule has 0 aliphatic rings. The molecule has 0 saturated carbocycles. The van der Waals surface area contributed by atoms with Gasteiger partial charge in [-0.25, -0.2) is 0 Å². The second-order valence-corrected chi connectivity index (χ2v) is 3.70. The third kappa shape index (κ3) is 3.49. The average Bonchev–Trinajstić information content (AvgIpc) is 2.04. The van der Waals surface area contributed by atoms with Crippen LogP contribution in [-0.4, -0.2) is 6.04 Å². The standard InChI is InChI=1S/C12H19N/c1-4-6-11(3)13-12-8-5-7-10(2)9-12/h5,7-9,11,13H,4,6H2,1-3H3/t11-/m0/s1. The third-order valence-corrected chi connectivity index (χ3v) is 2.15. The Morgan fingerprint density at radius 3 is 2.77 bits per heavy atom. The molecule has 1 rings (SSSR count). The van der Waals surface area contributed by atoms with Gasteiger partial charge in [0.05, 0.1) is 0 Å². The summed E-state index contributed by atoms with van der Waals surface area (Å²) in [5.41, 5.74) is 2.55. The van der Waals surface area contributed by atoms with Crippen LogP contribution in [-0.2, 0) is 0 Å². The first-order valence-electron chi connectivity index (χ1n) is 5.05. The van der Waals surface area contributed by atoms with E-state index in [0.29, 0.717) is 6.04 Å². The van der Waals surface area contributed by atoms with Crippen LogP contribution in [0.4, 0.5) is 5.69 Å². The monoisotopic (exact) mass is 177 g/mol. The first kappa shape index (κ1) is 10.1. The lowest BCUT2D eigenvalue weighted by atomic mass is 10.1. The van der Waals surface area contributed by atoms with Gasteiger partial charge in [-0.3, -0.25) is 0 Å². The Balaban J connectivity index is 2.53. The van der Waals surface area contributed by atoms with E-state index in [1.165, 1.54) is 24.1 Å². The van der Waals surface area contributed by atoms with Crippen LogP contribution in [0.3, 0.4) is 0 Å². The summed E-state index contributed by atoms with van der Waals surface area (Å²) < 4.78 is 0. The Kier molecular flexibility index (Phi) is 3.81. The second kappa shape index (κ2) is 4.90. The maximum atomic E-state index is 3.48. The van der Waals surface area contributed by atoms with Crippen LogP contribution in [0.1, 0.15) is 32.3 Å². The van der Waals surface area contributed by atoms with E-state index < -0.39 is 0 Å². The summed E-state index contributed by atoms with van der Waals surface area (Å²) >= 11 is 0. The van der Waals surface area contributed by atoms with Crippen LogP contribution < -0.4 is 5.32 Å². The third-order valence-electron chi connectivity index (χ3n) is 2.15. The molecule has 0 bridgehead atoms. The van der Waals surface area contributed by atoms with Crippen molar-refractivity contribution in [3.63, 3.8) is 0 Å². The molecule has 1 N–H and O–H groups in total. The number of benzene rings is 1. The van der Waals surface area contributed by atoms with Crippen LogP contribution in [0.15, 0.2) is 24.3 Å². The van der Waals surface area contributed by atoms with Crippen LogP contribution in [0.5, 0.6) is 0 Å². The van der Waals surface area contributed by atoms with E-state index in [1.807, 2.05) is 0 Å². The molecule has 0 spiro atoms. The SMILES string of the molecule is CCC[C@H](C)Nc1cccc(C)c1. The van der Waals surface area contributed by atoms with Gasteiger partial charge in [0.25, 0.3) is 0 Å². The molecule has 1 nitrogen and oxygen atoms in total. The molecule has 0 aliphatic heterocycles. The van der Waals surface area contributed by atoms with E-state index in [1.54, 1.807) is 0 Å². The van der Waals surface area contributed by atoms with Crippen molar-refractivity contribution < 1.29 is 0 Å². The summed E-state index contributed by atoms with van der Waals surface area (Å²) in [6, 6.07) is 9.10. The molecule has 1 aromatic rings. The Bertz CT molecular complexity index is 255. The average molecular weight is 177 g/mol. The molecule has 0 amide bonds. The summed E-state index contributed by atoms with van der Waals surface area (Å²) in [4.78, 5) is 0. The molecule has 0 aliphatic carbocycles. The molecular formula is C12H19N. The van der Waals surface area contributed by atoms with E-state index in [9.17, 15) is 0 Å². The number of aryl methyl sites for hydroxylation is 1. The maximum Gasteiger partial charge on any atom is 0.0344 e. The van der Waals surface area contributed by atoms with E-state index in [-0.39, 0.29) is 0 Å². The van der Waals surface area contributed by atoms with Crippen molar-refractivity contribution in [3.05, 3.63) is 29.8 Å². The topological polar surface area (TPSA) is 12.0 Å². The quantitative estimate of drug-likeness (QED) is 0.741. The molecule has 0 heterocycles. The van der Waals surface area contributed by atoms with Crippen LogP contribution >= 0.6 is 0 Å². The lowest BCUT2D eigenvalue weighted by molar-refractivity contribution is 0.690. The van der Waals surface area contributed by atoms with E-state index in [4.69, 9.17) is 0 Å². The fraction of sp³-hybridized carbons (Fsp3) is 0.500. The lowest BCUT2D eigenvalue weighted by Crippen LogP contribution is -2.14. The summed E-state index contributed by atoms with van der Waals surface area (Å²) in [6.45, 7) is 6.57. The van der Waals surface area contributed by atoms with Gasteiger partial charge in [-0.2, -0.15) is 0 Å². The molecule has 1 aromatic carbocycles. The van der Waals surface area contributed by atoms with Crippen molar-refractivity contribution in [1.29, 1.82) is 0 Å². The van der Waals surface area contributed by atoms with Gasteiger partial charge in [-0.15, -0.1) is 0 Å². The summed E-state index contributed by atoms with van der Waals surface area (Å²) in [7, 11) is 0. The smallest absolute Gasteiger partial charge is 0.0344 e. The minimum atomic E-state index is 0.576. The van der Waals surface area contributed by atoms with Crippen LogP contribution in [0.2, 0.25) is 0 Å². The highest BCUT2D eigenvalue weighted by atomic mass is 14.9. The molecule has 13 heavy (non-hydrogen) atoms. The zero-order chi connectivity index (χ0) is 9.68. The highest BCUT2D eigenvalue weighted by molar-refractivity contribution is 5.45. The predicted molar refractivity (Wildman–Crippen MR) is 59.2 cm³/mol. The lowest BCUT2D eigenvalue weighted by Gasteiger charge is -2.14. The zero-order valence-electron chi connectivity index (χ0n) is 8.80. The van der Waals surface area contributed by atoms with Crippen LogP contribution in [0.25, 0.3) is 0 Å². The number of anilines is 1. The molecule has 1 atom stereocenters. The molecule has 0 unspecified atom stereocenters. The Hall–Kier alpha value is -0.980. The number of rotatable bonds is 4. The van der Waals surface area contributed by atoms with Crippen LogP contribution in [0, 0.1) is 6.92 Å². The van der Waals surface area contributed by atoms with Gasteiger partial charge in [0.1, 0.15) is 0 Å². The summed E-state index contributed by atoms with van der Waals surface area (Å²) in [5.74, 6) is 0. The minimum Gasteiger partial charge on any atom is -0.383 e. The summed E-state index contributed by atoms with van der Waals surface area (Å²) in [6.07, 6.45) is 2.47. The highest BCUT2D eigenvalue weighted by Crippen LogP contribution is 2.12. The van der Waals surface area contributed by atoms with Gasteiger partial charge < -0.3 is 5.32 Å². The number of hydrogen-bond donors (Lipinski definition) is 1. The van der Waals surface area contributed by atoms with Crippen molar-refractivity contribution in [2.45, 2.75) is 39.7 Å². The second-order valence-electron chi connectivity index (χ2n) is 3.70. The molecule has 1 heteroatoms. The molecule has 0 saturated heterocycles. The van der Waals surface area contributed by atoms with Crippen molar-refractivity contribution in [2.24, 2.45) is 0 Å². The normalized spacial score (nSPS) is 12.5. The molecule has 0 fully saturated rings. The fourth-order valence-corrected chi connectivity index (χ4v) is 1.52.